The van der Waals surface area contributed by atoms with Crippen LogP contribution in [0.2, 0.25) is 0 Å². The van der Waals surface area contributed by atoms with Gasteiger partial charge in [0.15, 0.2) is 0 Å². The maximum atomic E-state index is 12.4. The van der Waals surface area contributed by atoms with Crippen molar-refractivity contribution in [2.75, 3.05) is 38.1 Å². The molecule has 4 rings (SSSR count). The van der Waals surface area contributed by atoms with Crippen LogP contribution in [0.15, 0.2) is 60.9 Å². The van der Waals surface area contributed by atoms with Gasteiger partial charge in [0.05, 0.1) is 6.42 Å². The minimum absolute atomic E-state index is 0.0640. The number of unbranched alkanes of at least 4 members (excludes halogenated alkanes) is 1. The minimum atomic E-state index is -1.06. The summed E-state index contributed by atoms with van der Waals surface area (Å²) in [5.41, 5.74) is 2.37. The lowest BCUT2D eigenvalue weighted by atomic mass is 10.1. The number of ether oxygens (including phenoxy) is 1. The standard InChI is InChI=1S/C30H38N6O4/c37-28(22-27-31-16-7-17-32-27)35-26(30(38)39)14-19-36(20-21-40-25-10-2-1-3-11-25)18-5-4-9-24-13-12-23-8-6-15-33-29(23)34-24/h1-3,7,10-13,16-17,26H,4-6,8-9,14-15,18-22H2,(H,33,34)(H,35,37)(H,38,39). The molecule has 1 unspecified atom stereocenters. The van der Waals surface area contributed by atoms with Gasteiger partial charge in [-0.2, -0.15) is 0 Å². The van der Waals surface area contributed by atoms with Gasteiger partial charge in [0.25, 0.3) is 0 Å². The van der Waals surface area contributed by atoms with Crippen molar-refractivity contribution < 1.29 is 19.4 Å². The number of anilines is 1. The lowest BCUT2D eigenvalue weighted by Crippen LogP contribution is -2.44. The molecule has 0 saturated carbocycles. The molecule has 0 radical (unpaired) electrons. The van der Waals surface area contributed by atoms with Crippen LogP contribution in [0.5, 0.6) is 5.75 Å². The third-order valence-electron chi connectivity index (χ3n) is 6.83. The zero-order valence-electron chi connectivity index (χ0n) is 22.8. The van der Waals surface area contributed by atoms with E-state index in [-0.39, 0.29) is 12.8 Å². The zero-order valence-corrected chi connectivity index (χ0v) is 22.8. The molecule has 0 bridgehead atoms. The van der Waals surface area contributed by atoms with Gasteiger partial charge in [-0.05, 0) is 74.9 Å². The Bertz CT molecular complexity index is 1210. The lowest BCUT2D eigenvalue weighted by Gasteiger charge is -2.24. The topological polar surface area (TPSA) is 130 Å². The predicted octanol–water partition coefficient (Wildman–Crippen LogP) is 3.14. The predicted molar refractivity (Wildman–Crippen MR) is 152 cm³/mol. The van der Waals surface area contributed by atoms with Gasteiger partial charge in [0, 0.05) is 37.7 Å². The number of hydrogen-bond acceptors (Lipinski definition) is 8. The highest BCUT2D eigenvalue weighted by Gasteiger charge is 2.21. The normalized spacial score (nSPS) is 13.2. The summed E-state index contributed by atoms with van der Waals surface area (Å²) < 4.78 is 5.89. The fourth-order valence-corrected chi connectivity index (χ4v) is 4.67. The number of aromatic nitrogens is 3. The van der Waals surface area contributed by atoms with Crippen molar-refractivity contribution in [1.82, 2.24) is 25.2 Å². The number of carboxylic acids is 1. The van der Waals surface area contributed by atoms with Gasteiger partial charge in [-0.3, -0.25) is 9.69 Å². The Morgan fingerprint density at radius 1 is 1.02 bits per heavy atom. The van der Waals surface area contributed by atoms with E-state index in [1.807, 2.05) is 30.3 Å². The Morgan fingerprint density at radius 3 is 2.65 bits per heavy atom. The fraction of sp³-hybridized carbons (Fsp3) is 0.433. The number of pyridine rings is 1. The quantitative estimate of drug-likeness (QED) is 0.232. The number of hydrogen-bond donors (Lipinski definition) is 3. The monoisotopic (exact) mass is 546 g/mol. The van der Waals surface area contributed by atoms with Crippen LogP contribution in [0, 0.1) is 0 Å². The molecule has 0 aliphatic carbocycles. The molecule has 2 aromatic heterocycles. The van der Waals surface area contributed by atoms with Gasteiger partial charge >= 0.3 is 5.97 Å². The first-order valence-electron chi connectivity index (χ1n) is 14.0. The molecular weight excluding hydrogens is 508 g/mol. The molecule has 1 aromatic carbocycles. The average molecular weight is 547 g/mol. The van der Waals surface area contributed by atoms with Crippen LogP contribution in [0.1, 0.15) is 42.8 Å². The Labute approximate surface area is 235 Å². The first-order valence-corrected chi connectivity index (χ1v) is 14.0. The molecule has 0 spiro atoms. The molecule has 3 heterocycles. The van der Waals surface area contributed by atoms with Crippen molar-refractivity contribution in [3.63, 3.8) is 0 Å². The van der Waals surface area contributed by atoms with Crippen LogP contribution >= 0.6 is 0 Å². The Hall–Kier alpha value is -4.05. The van der Waals surface area contributed by atoms with E-state index >= 15 is 0 Å². The molecule has 1 aliphatic heterocycles. The number of amides is 1. The molecule has 1 amide bonds. The highest BCUT2D eigenvalue weighted by molar-refractivity contribution is 5.84. The maximum Gasteiger partial charge on any atom is 0.326 e. The molecule has 1 atom stereocenters. The number of para-hydroxylation sites is 1. The van der Waals surface area contributed by atoms with Crippen molar-refractivity contribution in [3.05, 3.63) is 78.0 Å². The molecule has 0 fully saturated rings. The highest BCUT2D eigenvalue weighted by Crippen LogP contribution is 2.20. The van der Waals surface area contributed by atoms with Gasteiger partial charge in [0.2, 0.25) is 5.91 Å². The molecule has 1 aliphatic rings. The van der Waals surface area contributed by atoms with E-state index in [1.165, 1.54) is 5.56 Å². The second kappa shape index (κ2) is 15.5. The molecule has 10 nitrogen and oxygen atoms in total. The van der Waals surface area contributed by atoms with E-state index in [9.17, 15) is 14.7 Å². The van der Waals surface area contributed by atoms with Crippen molar-refractivity contribution in [3.8, 4) is 5.75 Å². The smallest absolute Gasteiger partial charge is 0.326 e. The Kier molecular flexibility index (Phi) is 11.2. The fourth-order valence-electron chi connectivity index (χ4n) is 4.67. The van der Waals surface area contributed by atoms with E-state index in [1.54, 1.807) is 18.5 Å². The molecule has 3 aromatic rings. The van der Waals surface area contributed by atoms with Gasteiger partial charge < -0.3 is 20.5 Å². The van der Waals surface area contributed by atoms with Crippen molar-refractivity contribution >= 4 is 17.7 Å². The number of aliphatic carboxylic acids is 1. The number of nitrogens with one attached hydrogen (secondary N) is 2. The molecule has 0 saturated heterocycles. The first-order chi connectivity index (χ1) is 19.6. The molecule has 10 heteroatoms. The van der Waals surface area contributed by atoms with E-state index < -0.39 is 17.9 Å². The summed E-state index contributed by atoms with van der Waals surface area (Å²) in [5.74, 6) is 0.699. The van der Waals surface area contributed by atoms with Crippen molar-refractivity contribution in [2.24, 2.45) is 0 Å². The van der Waals surface area contributed by atoms with Gasteiger partial charge in [-0.1, -0.05) is 24.3 Å². The van der Waals surface area contributed by atoms with Crippen molar-refractivity contribution in [1.29, 1.82) is 0 Å². The summed E-state index contributed by atoms with van der Waals surface area (Å²) in [6.07, 6.45) is 8.34. The van der Waals surface area contributed by atoms with Crippen LogP contribution in [0.3, 0.4) is 0 Å². The summed E-state index contributed by atoms with van der Waals surface area (Å²) in [7, 11) is 0. The van der Waals surface area contributed by atoms with Crippen LogP contribution < -0.4 is 15.4 Å². The average Bonchev–Trinajstić information content (AvgIpc) is 2.97. The van der Waals surface area contributed by atoms with Gasteiger partial charge in [-0.25, -0.2) is 19.7 Å². The number of rotatable bonds is 16. The number of benzene rings is 1. The molecule has 40 heavy (non-hydrogen) atoms. The number of fused-ring (bicyclic) bond motifs is 1. The van der Waals surface area contributed by atoms with Gasteiger partial charge in [-0.15, -0.1) is 0 Å². The summed E-state index contributed by atoms with van der Waals surface area (Å²) >= 11 is 0. The number of aryl methyl sites for hydroxylation is 2. The number of carbonyl (C=O) groups excluding carboxylic acids is 1. The second-order valence-electron chi connectivity index (χ2n) is 9.89. The zero-order chi connectivity index (χ0) is 28.0. The van der Waals surface area contributed by atoms with Crippen LogP contribution in [0.25, 0.3) is 0 Å². The summed E-state index contributed by atoms with van der Waals surface area (Å²) in [6.45, 7) is 3.41. The number of nitrogens with zero attached hydrogens (tertiary/aromatic N) is 4. The Morgan fingerprint density at radius 2 is 1.85 bits per heavy atom. The molecule has 212 valence electrons. The van der Waals surface area contributed by atoms with E-state index in [0.29, 0.717) is 25.5 Å². The van der Waals surface area contributed by atoms with E-state index in [2.05, 4.69) is 37.6 Å². The summed E-state index contributed by atoms with van der Waals surface area (Å²) in [4.78, 5) is 39.4. The second-order valence-corrected chi connectivity index (χ2v) is 9.89. The highest BCUT2D eigenvalue weighted by atomic mass is 16.5. The number of carboxylic acid groups (broad SMARTS) is 1. The third kappa shape index (κ3) is 9.60. The lowest BCUT2D eigenvalue weighted by molar-refractivity contribution is -0.142. The van der Waals surface area contributed by atoms with E-state index in [4.69, 9.17) is 9.72 Å². The van der Waals surface area contributed by atoms with Crippen LogP contribution in [-0.2, 0) is 28.9 Å². The number of carbonyl (C=O) groups is 2. The first kappa shape index (κ1) is 28.9. The maximum absolute atomic E-state index is 12.4. The third-order valence-corrected chi connectivity index (χ3v) is 6.83. The largest absolute Gasteiger partial charge is 0.492 e. The van der Waals surface area contributed by atoms with Crippen LogP contribution in [0.4, 0.5) is 5.82 Å². The van der Waals surface area contributed by atoms with Crippen molar-refractivity contribution in [2.45, 2.75) is 51.0 Å². The Balaban J connectivity index is 1.27. The van der Waals surface area contributed by atoms with E-state index in [0.717, 1.165) is 62.5 Å². The SMILES string of the molecule is O=C(Cc1ncccn1)NC(CCN(CCCCc1ccc2c(n1)NCCC2)CCOc1ccccc1)C(=O)O. The van der Waals surface area contributed by atoms with Crippen LogP contribution in [-0.4, -0.2) is 75.7 Å². The molecular formula is C30H38N6O4. The molecule has 3 N–H and O–H groups in total. The van der Waals surface area contributed by atoms with Gasteiger partial charge in [0.1, 0.15) is 30.0 Å². The minimum Gasteiger partial charge on any atom is -0.492 e. The summed E-state index contributed by atoms with van der Waals surface area (Å²) in [6, 6.07) is 14.6. The summed E-state index contributed by atoms with van der Waals surface area (Å²) in [5, 5.41) is 15.8.